The molecule has 0 N–H and O–H groups in total. The third kappa shape index (κ3) is 2.38. The van der Waals surface area contributed by atoms with Gasteiger partial charge in [0.25, 0.3) is 5.56 Å². The summed E-state index contributed by atoms with van der Waals surface area (Å²) in [5, 5.41) is 0.635. The molecule has 3 aromatic rings. The highest BCUT2D eigenvalue weighted by molar-refractivity contribution is 5.83. The summed E-state index contributed by atoms with van der Waals surface area (Å²) in [4.78, 5) is 20.1. The summed E-state index contributed by atoms with van der Waals surface area (Å²) < 4.78 is 15.3. The molecule has 1 atom stereocenters. The second-order valence-corrected chi connectivity index (χ2v) is 6.95. The molecular formula is C20H18FN3O. The van der Waals surface area contributed by atoms with Crippen molar-refractivity contribution in [2.45, 2.75) is 32.0 Å². The van der Waals surface area contributed by atoms with Gasteiger partial charge in [0.2, 0.25) is 0 Å². The molecular weight excluding hydrogens is 317 g/mol. The summed E-state index contributed by atoms with van der Waals surface area (Å²) in [5.41, 5.74) is 2.40. The average molecular weight is 335 g/mol. The van der Waals surface area contributed by atoms with Crippen LogP contribution in [0.4, 0.5) is 4.39 Å². The van der Waals surface area contributed by atoms with Crippen LogP contribution in [0.3, 0.4) is 0 Å². The predicted octanol–water partition coefficient (Wildman–Crippen LogP) is 3.18. The van der Waals surface area contributed by atoms with Gasteiger partial charge in [-0.2, -0.15) is 0 Å². The van der Waals surface area contributed by atoms with E-state index < -0.39 is 0 Å². The van der Waals surface area contributed by atoms with E-state index in [4.69, 9.17) is 4.98 Å². The van der Waals surface area contributed by atoms with Gasteiger partial charge in [0.05, 0.1) is 17.4 Å². The first-order valence-corrected chi connectivity index (χ1v) is 8.72. The number of aromatic nitrogens is 2. The first-order chi connectivity index (χ1) is 12.2. The lowest BCUT2D eigenvalue weighted by Gasteiger charge is -2.31. The second-order valence-electron chi connectivity index (χ2n) is 6.95. The van der Waals surface area contributed by atoms with E-state index in [1.54, 1.807) is 6.07 Å². The van der Waals surface area contributed by atoms with Crippen molar-refractivity contribution in [1.82, 2.24) is 14.5 Å². The van der Waals surface area contributed by atoms with E-state index in [9.17, 15) is 9.18 Å². The van der Waals surface area contributed by atoms with Crippen LogP contribution in [0.25, 0.3) is 22.0 Å². The van der Waals surface area contributed by atoms with Gasteiger partial charge in [0.1, 0.15) is 11.6 Å². The van der Waals surface area contributed by atoms with Gasteiger partial charge in [0.15, 0.2) is 0 Å². The van der Waals surface area contributed by atoms with Crippen molar-refractivity contribution in [2.24, 2.45) is 0 Å². The van der Waals surface area contributed by atoms with Crippen LogP contribution < -0.4 is 5.56 Å². The van der Waals surface area contributed by atoms with Gasteiger partial charge >= 0.3 is 0 Å². The minimum absolute atomic E-state index is 0.0392. The Morgan fingerprint density at radius 1 is 1.12 bits per heavy atom. The van der Waals surface area contributed by atoms with Crippen molar-refractivity contribution in [2.75, 3.05) is 6.54 Å². The molecule has 0 unspecified atom stereocenters. The molecule has 4 nitrogen and oxygen atoms in total. The van der Waals surface area contributed by atoms with Gasteiger partial charge in [-0.15, -0.1) is 0 Å². The lowest BCUT2D eigenvalue weighted by atomic mass is 10.0. The zero-order chi connectivity index (χ0) is 17.0. The maximum Gasteiger partial charge on any atom is 0.261 e. The Bertz CT molecular complexity index is 1040. The molecule has 0 saturated carbocycles. The molecule has 1 saturated heterocycles. The van der Waals surface area contributed by atoms with E-state index in [1.807, 2.05) is 28.8 Å². The monoisotopic (exact) mass is 335 g/mol. The van der Waals surface area contributed by atoms with Crippen LogP contribution in [0.1, 0.15) is 18.7 Å². The average Bonchev–Trinajstić information content (AvgIpc) is 3.07. The molecule has 2 aliphatic heterocycles. The minimum atomic E-state index is -0.267. The van der Waals surface area contributed by atoms with Crippen molar-refractivity contribution < 1.29 is 4.39 Å². The summed E-state index contributed by atoms with van der Waals surface area (Å²) in [6.45, 7) is 2.56. The highest BCUT2D eigenvalue weighted by Crippen LogP contribution is 2.27. The fourth-order valence-electron chi connectivity index (χ4n) is 4.13. The van der Waals surface area contributed by atoms with Gasteiger partial charge in [-0.05, 0) is 54.8 Å². The number of halogens is 1. The number of nitrogens with zero attached hydrogens (tertiary/aromatic N) is 3. The highest BCUT2D eigenvalue weighted by atomic mass is 19.1. The summed E-state index contributed by atoms with van der Waals surface area (Å²) in [6.07, 6.45) is 2.35. The van der Waals surface area contributed by atoms with Gasteiger partial charge < -0.3 is 0 Å². The molecule has 25 heavy (non-hydrogen) atoms. The molecule has 0 bridgehead atoms. The van der Waals surface area contributed by atoms with Gasteiger partial charge in [-0.3, -0.25) is 14.3 Å². The largest absolute Gasteiger partial charge is 0.293 e. The first kappa shape index (κ1) is 14.8. The Labute approximate surface area is 144 Å². The van der Waals surface area contributed by atoms with Crippen molar-refractivity contribution in [1.29, 1.82) is 0 Å². The summed E-state index contributed by atoms with van der Waals surface area (Å²) in [7, 11) is 0. The van der Waals surface area contributed by atoms with E-state index in [1.165, 1.54) is 18.6 Å². The smallest absolute Gasteiger partial charge is 0.261 e. The van der Waals surface area contributed by atoms with E-state index in [-0.39, 0.29) is 11.4 Å². The Morgan fingerprint density at radius 3 is 2.88 bits per heavy atom. The molecule has 126 valence electrons. The van der Waals surface area contributed by atoms with E-state index in [0.29, 0.717) is 16.9 Å². The number of fused-ring (bicyclic) bond motifs is 3. The normalized spacial score (nSPS) is 19.8. The Hall–Kier alpha value is -2.53. The van der Waals surface area contributed by atoms with Crippen molar-refractivity contribution in [3.8, 4) is 11.1 Å². The maximum atomic E-state index is 13.5. The topological polar surface area (TPSA) is 38.1 Å². The van der Waals surface area contributed by atoms with Gasteiger partial charge in [-0.1, -0.05) is 18.2 Å². The van der Waals surface area contributed by atoms with Crippen LogP contribution >= 0.6 is 0 Å². The molecule has 0 spiro atoms. The molecule has 0 amide bonds. The van der Waals surface area contributed by atoms with Gasteiger partial charge in [0, 0.05) is 12.6 Å². The molecule has 5 heteroatoms. The zero-order valence-electron chi connectivity index (χ0n) is 13.8. The second kappa shape index (κ2) is 5.49. The fourth-order valence-corrected chi connectivity index (χ4v) is 4.13. The van der Waals surface area contributed by atoms with Crippen molar-refractivity contribution >= 4 is 10.9 Å². The van der Waals surface area contributed by atoms with Crippen LogP contribution in [-0.2, 0) is 13.1 Å². The molecule has 2 aliphatic rings. The standard InChI is InChI=1S/C20H18FN3O/c21-15-4-1-3-13(9-15)14-6-7-17-18(10-14)22-19-12-23-8-2-5-16(23)11-24(19)20(17)25/h1,3-4,6-7,9-10,16H,2,5,8,11-12H2/t16-/m1/s1. The van der Waals surface area contributed by atoms with E-state index in [2.05, 4.69) is 4.90 Å². The molecule has 3 heterocycles. The Kier molecular flexibility index (Phi) is 3.25. The van der Waals surface area contributed by atoms with Crippen LogP contribution in [0.2, 0.25) is 0 Å². The minimum Gasteiger partial charge on any atom is -0.293 e. The SMILES string of the molecule is O=c1c2ccc(-c3cccc(F)c3)cc2nc2n1C[C@H]1CCCN1C2. The van der Waals surface area contributed by atoms with Gasteiger partial charge in [-0.25, -0.2) is 9.37 Å². The van der Waals surface area contributed by atoms with Crippen LogP contribution in [-0.4, -0.2) is 27.0 Å². The van der Waals surface area contributed by atoms with Crippen LogP contribution in [0.5, 0.6) is 0 Å². The molecule has 0 radical (unpaired) electrons. The van der Waals surface area contributed by atoms with E-state index in [0.717, 1.165) is 43.0 Å². The van der Waals surface area contributed by atoms with Crippen molar-refractivity contribution in [3.05, 3.63) is 64.5 Å². The maximum absolute atomic E-state index is 13.5. The summed E-state index contributed by atoms with van der Waals surface area (Å²) in [6, 6.07) is 12.5. The quantitative estimate of drug-likeness (QED) is 0.685. The summed E-state index contributed by atoms with van der Waals surface area (Å²) in [5.74, 6) is 0.572. The molecule has 2 aromatic carbocycles. The molecule has 0 aliphatic carbocycles. The molecule has 5 rings (SSSR count). The zero-order valence-corrected chi connectivity index (χ0v) is 13.8. The third-order valence-electron chi connectivity index (χ3n) is 5.43. The third-order valence-corrected chi connectivity index (χ3v) is 5.43. The van der Waals surface area contributed by atoms with Crippen LogP contribution in [0, 0.1) is 5.82 Å². The fraction of sp³-hybridized carbons (Fsp3) is 0.300. The Balaban J connectivity index is 1.66. The number of benzene rings is 2. The van der Waals surface area contributed by atoms with Crippen molar-refractivity contribution in [3.63, 3.8) is 0 Å². The molecule has 1 aromatic heterocycles. The first-order valence-electron chi connectivity index (χ1n) is 8.72. The van der Waals surface area contributed by atoms with E-state index >= 15 is 0 Å². The lowest BCUT2D eigenvalue weighted by molar-refractivity contribution is 0.181. The van der Waals surface area contributed by atoms with Crippen LogP contribution in [0.15, 0.2) is 47.3 Å². The number of hydrogen-bond donors (Lipinski definition) is 0. The number of rotatable bonds is 1. The highest BCUT2D eigenvalue weighted by Gasteiger charge is 2.31. The predicted molar refractivity (Wildman–Crippen MR) is 94.8 cm³/mol. The number of hydrogen-bond acceptors (Lipinski definition) is 3. The summed E-state index contributed by atoms with van der Waals surface area (Å²) >= 11 is 0. The molecule has 1 fully saturated rings. The lowest BCUT2D eigenvalue weighted by Crippen LogP contribution is -2.43. The Morgan fingerprint density at radius 2 is 2.00 bits per heavy atom.